The fourth-order valence-corrected chi connectivity index (χ4v) is 3.71. The molecule has 2 bridgehead atoms. The summed E-state index contributed by atoms with van der Waals surface area (Å²) in [5.41, 5.74) is 1.03. The number of rotatable bonds is 5. The lowest BCUT2D eigenvalue weighted by atomic mass is 9.98. The zero-order chi connectivity index (χ0) is 17.9. The van der Waals surface area contributed by atoms with Crippen LogP contribution in [0.4, 0.5) is 4.79 Å². The third-order valence-electron chi connectivity index (χ3n) is 4.73. The number of ether oxygens (including phenoxy) is 2. The van der Waals surface area contributed by atoms with E-state index in [-0.39, 0.29) is 12.1 Å². The Morgan fingerprint density at radius 1 is 1.20 bits per heavy atom. The maximum Gasteiger partial charge on any atom is 0.411 e. The number of carbonyl (C=O) groups is 1. The molecule has 1 fully saturated rings. The van der Waals surface area contributed by atoms with Crippen LogP contribution in [0.15, 0.2) is 42.0 Å². The van der Waals surface area contributed by atoms with Crippen LogP contribution in [0, 0.1) is 0 Å². The van der Waals surface area contributed by atoms with Gasteiger partial charge in [-0.05, 0) is 65.0 Å². The zero-order valence-electron chi connectivity index (χ0n) is 15.5. The molecule has 3 rings (SSSR count). The molecule has 0 N–H and O–H groups in total. The number of amides is 1. The van der Waals surface area contributed by atoms with Gasteiger partial charge in [0, 0.05) is 6.04 Å². The van der Waals surface area contributed by atoms with Gasteiger partial charge in [-0.15, -0.1) is 0 Å². The van der Waals surface area contributed by atoms with Crippen molar-refractivity contribution in [1.82, 2.24) is 4.90 Å². The van der Waals surface area contributed by atoms with Crippen LogP contribution in [-0.4, -0.2) is 35.3 Å². The molecule has 0 saturated carbocycles. The quantitative estimate of drug-likeness (QED) is 0.561. The topological polar surface area (TPSA) is 38.8 Å². The molecule has 2 aliphatic heterocycles. The van der Waals surface area contributed by atoms with Gasteiger partial charge < -0.3 is 9.47 Å². The molecule has 4 heteroatoms. The van der Waals surface area contributed by atoms with Gasteiger partial charge in [0.15, 0.2) is 0 Å². The minimum Gasteiger partial charge on any atom is -0.494 e. The Kier molecular flexibility index (Phi) is 5.36. The molecule has 0 aliphatic carbocycles. The van der Waals surface area contributed by atoms with E-state index in [9.17, 15) is 4.79 Å². The van der Waals surface area contributed by atoms with Gasteiger partial charge in [-0.3, -0.25) is 4.90 Å². The second-order valence-corrected chi connectivity index (χ2v) is 7.98. The Balaban J connectivity index is 1.49. The third-order valence-corrected chi connectivity index (χ3v) is 4.73. The molecule has 1 saturated heterocycles. The molecule has 1 amide bonds. The second kappa shape index (κ2) is 7.51. The minimum absolute atomic E-state index is 0.164. The van der Waals surface area contributed by atoms with Crippen LogP contribution in [0.1, 0.15) is 52.9 Å². The first kappa shape index (κ1) is 17.8. The van der Waals surface area contributed by atoms with E-state index in [0.29, 0.717) is 6.04 Å². The summed E-state index contributed by atoms with van der Waals surface area (Å²) in [5, 5.41) is 0. The van der Waals surface area contributed by atoms with Gasteiger partial charge in [-0.2, -0.15) is 0 Å². The highest BCUT2D eigenvalue weighted by molar-refractivity contribution is 5.70. The summed E-state index contributed by atoms with van der Waals surface area (Å²) in [4.78, 5) is 14.4. The van der Waals surface area contributed by atoms with Crippen LogP contribution < -0.4 is 4.74 Å². The van der Waals surface area contributed by atoms with Gasteiger partial charge >= 0.3 is 6.09 Å². The van der Waals surface area contributed by atoms with E-state index < -0.39 is 5.60 Å². The molecule has 136 valence electrons. The van der Waals surface area contributed by atoms with Gasteiger partial charge in [0.2, 0.25) is 0 Å². The molecule has 2 unspecified atom stereocenters. The smallest absolute Gasteiger partial charge is 0.411 e. The van der Waals surface area contributed by atoms with E-state index in [1.54, 1.807) is 0 Å². The average Bonchev–Trinajstić information content (AvgIpc) is 2.82. The van der Waals surface area contributed by atoms with Crippen LogP contribution in [0.5, 0.6) is 5.75 Å². The van der Waals surface area contributed by atoms with Gasteiger partial charge in [0.25, 0.3) is 0 Å². The number of fused-ring (bicyclic) bond motifs is 2. The van der Waals surface area contributed by atoms with Crippen LogP contribution in [0.2, 0.25) is 0 Å². The number of benzene rings is 1. The first-order valence-corrected chi connectivity index (χ1v) is 9.31. The summed E-state index contributed by atoms with van der Waals surface area (Å²) in [5.74, 6) is 0.927. The molecule has 25 heavy (non-hydrogen) atoms. The van der Waals surface area contributed by atoms with Gasteiger partial charge in [-0.1, -0.05) is 29.8 Å². The Morgan fingerprint density at radius 2 is 1.96 bits per heavy atom. The van der Waals surface area contributed by atoms with E-state index in [4.69, 9.17) is 9.47 Å². The molecule has 0 aromatic heterocycles. The Labute approximate surface area is 150 Å². The van der Waals surface area contributed by atoms with E-state index >= 15 is 0 Å². The van der Waals surface area contributed by atoms with Crippen molar-refractivity contribution in [2.45, 2.75) is 70.6 Å². The lowest BCUT2D eigenvalue weighted by molar-refractivity contribution is 0.0166. The Morgan fingerprint density at radius 3 is 2.64 bits per heavy atom. The van der Waals surface area contributed by atoms with Crippen molar-refractivity contribution in [2.24, 2.45) is 0 Å². The lowest BCUT2D eigenvalue weighted by Crippen LogP contribution is -2.45. The molecule has 2 aliphatic rings. The van der Waals surface area contributed by atoms with Crippen LogP contribution in [0.3, 0.4) is 0 Å². The predicted molar refractivity (Wildman–Crippen MR) is 98.8 cm³/mol. The normalized spacial score (nSPS) is 22.5. The van der Waals surface area contributed by atoms with Crippen molar-refractivity contribution in [2.75, 3.05) is 6.61 Å². The largest absolute Gasteiger partial charge is 0.494 e. The molecule has 1 aromatic rings. The summed E-state index contributed by atoms with van der Waals surface area (Å²) < 4.78 is 11.3. The van der Waals surface area contributed by atoms with Crippen molar-refractivity contribution < 1.29 is 14.3 Å². The molecular weight excluding hydrogens is 314 g/mol. The Bertz CT molecular complexity index is 618. The maximum atomic E-state index is 12.5. The highest BCUT2D eigenvalue weighted by Crippen LogP contribution is 2.37. The predicted octanol–water partition coefficient (Wildman–Crippen LogP) is 4.94. The summed E-state index contributed by atoms with van der Waals surface area (Å²) in [6.45, 7) is 6.49. The van der Waals surface area contributed by atoms with Crippen molar-refractivity contribution in [1.29, 1.82) is 0 Å². The monoisotopic (exact) mass is 343 g/mol. The molecule has 0 radical (unpaired) electrons. The van der Waals surface area contributed by atoms with E-state index in [1.807, 2.05) is 56.0 Å². The molecule has 1 aromatic carbocycles. The first-order chi connectivity index (χ1) is 11.9. The lowest BCUT2D eigenvalue weighted by Gasteiger charge is -2.35. The van der Waals surface area contributed by atoms with Gasteiger partial charge in [0.1, 0.15) is 11.4 Å². The SMILES string of the molecule is CC(C)(C)OC(=O)N1C2C=C(CCCOc3ccccc3)CC1CC2. The number of carbonyl (C=O) groups excluding carboxylic acids is 1. The molecule has 2 heterocycles. The zero-order valence-corrected chi connectivity index (χ0v) is 15.5. The average molecular weight is 343 g/mol. The van der Waals surface area contributed by atoms with Crippen LogP contribution in [0.25, 0.3) is 0 Å². The number of hydrogen-bond acceptors (Lipinski definition) is 3. The summed E-state index contributed by atoms with van der Waals surface area (Å²) in [7, 11) is 0. The van der Waals surface area contributed by atoms with Crippen LogP contribution >= 0.6 is 0 Å². The summed E-state index contributed by atoms with van der Waals surface area (Å²) in [6, 6.07) is 10.4. The Hall–Kier alpha value is -1.97. The van der Waals surface area contributed by atoms with Crippen molar-refractivity contribution in [3.8, 4) is 5.75 Å². The molecular formula is C21H29NO3. The minimum atomic E-state index is -0.435. The van der Waals surface area contributed by atoms with Gasteiger partial charge in [-0.25, -0.2) is 4.79 Å². The third kappa shape index (κ3) is 4.77. The fraction of sp³-hybridized carbons (Fsp3) is 0.571. The van der Waals surface area contributed by atoms with Crippen molar-refractivity contribution >= 4 is 6.09 Å². The highest BCUT2D eigenvalue weighted by atomic mass is 16.6. The standard InChI is InChI=1S/C21H29NO3/c1-21(2,3)25-20(23)22-17-11-12-18(22)15-16(14-17)8-7-13-24-19-9-5-4-6-10-19/h4-6,9-10,14,17-18H,7-8,11-13,15H2,1-3H3. The summed E-state index contributed by atoms with van der Waals surface area (Å²) >= 11 is 0. The second-order valence-electron chi connectivity index (χ2n) is 7.98. The van der Waals surface area contributed by atoms with E-state index in [0.717, 1.165) is 44.5 Å². The van der Waals surface area contributed by atoms with Crippen LogP contribution in [-0.2, 0) is 4.74 Å². The summed E-state index contributed by atoms with van der Waals surface area (Å²) in [6.07, 6.45) is 7.27. The number of hydrogen-bond donors (Lipinski definition) is 0. The van der Waals surface area contributed by atoms with Crippen molar-refractivity contribution in [3.05, 3.63) is 42.0 Å². The number of nitrogens with zero attached hydrogens (tertiary/aromatic N) is 1. The molecule has 0 spiro atoms. The molecule has 4 nitrogen and oxygen atoms in total. The first-order valence-electron chi connectivity index (χ1n) is 9.31. The van der Waals surface area contributed by atoms with E-state index in [1.165, 1.54) is 5.57 Å². The number of para-hydroxylation sites is 1. The molecule has 2 atom stereocenters. The maximum absolute atomic E-state index is 12.5. The highest BCUT2D eigenvalue weighted by Gasteiger charge is 2.41. The fourth-order valence-electron chi connectivity index (χ4n) is 3.71. The van der Waals surface area contributed by atoms with E-state index in [2.05, 4.69) is 6.08 Å². The van der Waals surface area contributed by atoms with Gasteiger partial charge in [0.05, 0.1) is 12.6 Å². The van der Waals surface area contributed by atoms with Crippen molar-refractivity contribution in [3.63, 3.8) is 0 Å².